The molecule has 0 radical (unpaired) electrons. The van der Waals surface area contributed by atoms with Gasteiger partial charge in [0, 0.05) is 43.8 Å². The van der Waals surface area contributed by atoms with Crippen LogP contribution in [0.4, 0.5) is 0 Å². The predicted molar refractivity (Wildman–Crippen MR) is 74.5 cm³/mol. The van der Waals surface area contributed by atoms with E-state index in [1.54, 1.807) is 0 Å². The van der Waals surface area contributed by atoms with Gasteiger partial charge in [0.25, 0.3) is 0 Å². The summed E-state index contributed by atoms with van der Waals surface area (Å²) in [6, 6.07) is 11.1. The van der Waals surface area contributed by atoms with Crippen LogP contribution in [-0.4, -0.2) is 35.6 Å². The van der Waals surface area contributed by atoms with Gasteiger partial charge in [0.05, 0.1) is 5.52 Å². The molecule has 3 rings (SSSR count). The van der Waals surface area contributed by atoms with Gasteiger partial charge in [-0.2, -0.15) is 0 Å². The maximum Gasteiger partial charge on any atom is 0.0702 e. The van der Waals surface area contributed by atoms with Crippen molar-refractivity contribution in [1.82, 2.24) is 15.2 Å². The number of hydrogen-bond donors (Lipinski definition) is 1. The van der Waals surface area contributed by atoms with Crippen molar-refractivity contribution in [2.45, 2.75) is 19.5 Å². The minimum Gasteiger partial charge on any atom is -0.312 e. The Hall–Kier alpha value is -1.45. The van der Waals surface area contributed by atoms with Crippen LogP contribution in [0.3, 0.4) is 0 Å². The Morgan fingerprint density at radius 1 is 1.39 bits per heavy atom. The van der Waals surface area contributed by atoms with E-state index in [2.05, 4.69) is 46.4 Å². The molecule has 0 saturated carbocycles. The molecule has 18 heavy (non-hydrogen) atoms. The zero-order valence-corrected chi connectivity index (χ0v) is 10.8. The summed E-state index contributed by atoms with van der Waals surface area (Å²) < 4.78 is 0. The highest BCUT2D eigenvalue weighted by molar-refractivity contribution is 5.78. The average molecular weight is 241 g/mol. The normalized spacial score (nSPS) is 21.3. The third-order valence-electron chi connectivity index (χ3n) is 3.51. The van der Waals surface area contributed by atoms with Crippen LogP contribution in [0.15, 0.2) is 36.5 Å². The van der Waals surface area contributed by atoms with Gasteiger partial charge >= 0.3 is 0 Å². The molecule has 0 spiro atoms. The van der Waals surface area contributed by atoms with Crippen molar-refractivity contribution in [2.24, 2.45) is 0 Å². The quantitative estimate of drug-likeness (QED) is 0.872. The summed E-state index contributed by atoms with van der Waals surface area (Å²) in [5.74, 6) is 0. The van der Waals surface area contributed by atoms with Gasteiger partial charge in [-0.3, -0.25) is 9.88 Å². The lowest BCUT2D eigenvalue weighted by molar-refractivity contribution is 0.199. The second-order valence-corrected chi connectivity index (χ2v) is 5.13. The molecule has 2 aromatic rings. The van der Waals surface area contributed by atoms with Crippen molar-refractivity contribution in [2.75, 3.05) is 19.6 Å². The van der Waals surface area contributed by atoms with Crippen LogP contribution in [0.1, 0.15) is 12.5 Å². The van der Waals surface area contributed by atoms with Crippen molar-refractivity contribution in [3.8, 4) is 0 Å². The van der Waals surface area contributed by atoms with Crippen LogP contribution in [0.5, 0.6) is 0 Å². The van der Waals surface area contributed by atoms with E-state index in [9.17, 15) is 0 Å². The monoisotopic (exact) mass is 241 g/mol. The molecule has 1 fully saturated rings. The maximum absolute atomic E-state index is 4.52. The van der Waals surface area contributed by atoms with Gasteiger partial charge in [-0.15, -0.1) is 0 Å². The van der Waals surface area contributed by atoms with E-state index in [1.807, 2.05) is 12.3 Å². The molecule has 1 aliphatic rings. The van der Waals surface area contributed by atoms with Gasteiger partial charge in [-0.1, -0.05) is 18.2 Å². The molecule has 1 saturated heterocycles. The van der Waals surface area contributed by atoms with Gasteiger partial charge in [-0.05, 0) is 24.6 Å². The predicted octanol–water partition coefficient (Wildman–Crippen LogP) is 2.03. The summed E-state index contributed by atoms with van der Waals surface area (Å²) >= 11 is 0. The van der Waals surface area contributed by atoms with Gasteiger partial charge in [-0.25, -0.2) is 0 Å². The van der Waals surface area contributed by atoms with E-state index < -0.39 is 0 Å². The zero-order valence-electron chi connectivity index (χ0n) is 10.8. The fourth-order valence-electron chi connectivity index (χ4n) is 2.62. The SMILES string of the molecule is C[C@@H]1CN(Cc2cnc3ccccc3c2)CCN1. The molecule has 1 aliphatic heterocycles. The average Bonchev–Trinajstić information content (AvgIpc) is 2.39. The Morgan fingerprint density at radius 3 is 3.17 bits per heavy atom. The molecular weight excluding hydrogens is 222 g/mol. The van der Waals surface area contributed by atoms with Crippen molar-refractivity contribution in [3.05, 3.63) is 42.1 Å². The molecule has 1 aromatic heterocycles. The minimum absolute atomic E-state index is 0.590. The van der Waals surface area contributed by atoms with E-state index in [1.165, 1.54) is 10.9 Å². The largest absolute Gasteiger partial charge is 0.312 e. The topological polar surface area (TPSA) is 28.2 Å². The van der Waals surface area contributed by atoms with Crippen molar-refractivity contribution in [1.29, 1.82) is 0 Å². The third kappa shape index (κ3) is 2.52. The number of para-hydroxylation sites is 1. The molecular formula is C15H19N3. The number of pyridine rings is 1. The van der Waals surface area contributed by atoms with Crippen LogP contribution in [0.25, 0.3) is 10.9 Å². The molecule has 1 aromatic carbocycles. The fourth-order valence-corrected chi connectivity index (χ4v) is 2.62. The summed E-state index contributed by atoms with van der Waals surface area (Å²) in [7, 11) is 0. The summed E-state index contributed by atoms with van der Waals surface area (Å²) in [6.45, 7) is 6.57. The van der Waals surface area contributed by atoms with E-state index in [-0.39, 0.29) is 0 Å². The van der Waals surface area contributed by atoms with Crippen LogP contribution in [-0.2, 0) is 6.54 Å². The summed E-state index contributed by atoms with van der Waals surface area (Å²) in [5, 5.41) is 4.70. The Morgan fingerprint density at radius 2 is 2.28 bits per heavy atom. The summed E-state index contributed by atoms with van der Waals surface area (Å²) in [4.78, 5) is 7.02. The number of hydrogen-bond acceptors (Lipinski definition) is 3. The van der Waals surface area contributed by atoms with E-state index in [4.69, 9.17) is 0 Å². The smallest absolute Gasteiger partial charge is 0.0702 e. The Kier molecular flexibility index (Phi) is 3.26. The minimum atomic E-state index is 0.590. The molecule has 0 unspecified atom stereocenters. The number of nitrogens with zero attached hydrogens (tertiary/aromatic N) is 2. The number of aromatic nitrogens is 1. The Labute approximate surface area is 108 Å². The number of piperazine rings is 1. The number of fused-ring (bicyclic) bond motifs is 1. The lowest BCUT2D eigenvalue weighted by Gasteiger charge is -2.31. The first-order valence-corrected chi connectivity index (χ1v) is 6.61. The highest BCUT2D eigenvalue weighted by Gasteiger charge is 2.15. The van der Waals surface area contributed by atoms with Gasteiger partial charge in [0.15, 0.2) is 0 Å². The number of rotatable bonds is 2. The van der Waals surface area contributed by atoms with Crippen LogP contribution < -0.4 is 5.32 Å². The molecule has 3 heteroatoms. The Balaban J connectivity index is 1.78. The number of benzene rings is 1. The molecule has 0 aliphatic carbocycles. The van der Waals surface area contributed by atoms with Crippen LogP contribution in [0, 0.1) is 0 Å². The van der Waals surface area contributed by atoms with Gasteiger partial charge in [0.1, 0.15) is 0 Å². The molecule has 1 atom stereocenters. The Bertz CT molecular complexity index is 538. The highest BCUT2D eigenvalue weighted by atomic mass is 15.2. The first-order valence-electron chi connectivity index (χ1n) is 6.61. The maximum atomic E-state index is 4.52. The van der Waals surface area contributed by atoms with Crippen molar-refractivity contribution >= 4 is 10.9 Å². The summed E-state index contributed by atoms with van der Waals surface area (Å²) in [5.41, 5.74) is 2.39. The first kappa shape index (κ1) is 11.6. The standard InChI is InChI=1S/C15H19N3/c1-12-10-18(7-6-16-12)11-13-8-14-4-2-3-5-15(14)17-9-13/h2-5,8-9,12,16H,6-7,10-11H2,1H3/t12-/m1/s1. The van der Waals surface area contributed by atoms with Crippen LogP contribution in [0.2, 0.25) is 0 Å². The van der Waals surface area contributed by atoms with E-state index in [0.29, 0.717) is 6.04 Å². The first-order chi connectivity index (χ1) is 8.81. The second-order valence-electron chi connectivity index (χ2n) is 5.13. The zero-order chi connectivity index (χ0) is 12.4. The molecule has 0 bridgehead atoms. The number of nitrogens with one attached hydrogen (secondary N) is 1. The molecule has 2 heterocycles. The van der Waals surface area contributed by atoms with Gasteiger partial charge < -0.3 is 5.32 Å². The molecule has 94 valence electrons. The molecule has 3 nitrogen and oxygen atoms in total. The summed E-state index contributed by atoms with van der Waals surface area (Å²) in [6.07, 6.45) is 2.01. The second kappa shape index (κ2) is 5.04. The van der Waals surface area contributed by atoms with Crippen molar-refractivity contribution in [3.63, 3.8) is 0 Å². The fraction of sp³-hybridized carbons (Fsp3) is 0.400. The van der Waals surface area contributed by atoms with Crippen LogP contribution >= 0.6 is 0 Å². The van der Waals surface area contributed by atoms with Crippen molar-refractivity contribution < 1.29 is 0 Å². The molecule has 0 amide bonds. The highest BCUT2D eigenvalue weighted by Crippen LogP contribution is 2.14. The third-order valence-corrected chi connectivity index (χ3v) is 3.51. The lowest BCUT2D eigenvalue weighted by Crippen LogP contribution is -2.48. The van der Waals surface area contributed by atoms with E-state index in [0.717, 1.165) is 31.7 Å². The molecule has 1 N–H and O–H groups in total. The lowest BCUT2D eigenvalue weighted by atomic mass is 10.1. The van der Waals surface area contributed by atoms with E-state index >= 15 is 0 Å². The van der Waals surface area contributed by atoms with Gasteiger partial charge in [0.2, 0.25) is 0 Å².